The second kappa shape index (κ2) is 7.70. The van der Waals surface area contributed by atoms with Crippen molar-refractivity contribution in [3.8, 4) is 5.75 Å². The Morgan fingerprint density at radius 1 is 1.20 bits per heavy atom. The van der Waals surface area contributed by atoms with Crippen LogP contribution in [0.25, 0.3) is 0 Å². The first-order chi connectivity index (χ1) is 12.1. The van der Waals surface area contributed by atoms with Crippen LogP contribution >= 0.6 is 0 Å². The second-order valence-electron chi connectivity index (χ2n) is 6.31. The molecule has 0 bridgehead atoms. The number of ether oxygens (including phenoxy) is 1. The maximum Gasteiger partial charge on any atom is 0.257 e. The van der Waals surface area contributed by atoms with Crippen LogP contribution in [0.15, 0.2) is 28.8 Å². The van der Waals surface area contributed by atoms with Crippen LogP contribution in [0.3, 0.4) is 0 Å². The molecule has 25 heavy (non-hydrogen) atoms. The molecule has 0 unspecified atom stereocenters. The van der Waals surface area contributed by atoms with Crippen molar-refractivity contribution in [2.24, 2.45) is 0 Å². The van der Waals surface area contributed by atoms with Crippen molar-refractivity contribution in [3.05, 3.63) is 46.8 Å². The van der Waals surface area contributed by atoms with Gasteiger partial charge in [-0.1, -0.05) is 24.2 Å². The summed E-state index contributed by atoms with van der Waals surface area (Å²) in [7, 11) is 0. The van der Waals surface area contributed by atoms with Crippen molar-refractivity contribution in [1.29, 1.82) is 0 Å². The molecule has 0 N–H and O–H groups in total. The molecule has 134 valence electrons. The first-order valence-corrected chi connectivity index (χ1v) is 8.75. The van der Waals surface area contributed by atoms with E-state index in [1.165, 1.54) is 0 Å². The van der Waals surface area contributed by atoms with Crippen LogP contribution in [0.5, 0.6) is 5.75 Å². The number of amides is 1. The topological polar surface area (TPSA) is 58.8 Å². The molecule has 1 aromatic carbocycles. The highest BCUT2D eigenvalue weighted by Gasteiger charge is 2.23. The van der Waals surface area contributed by atoms with Gasteiger partial charge in [0.15, 0.2) is 0 Å². The van der Waals surface area contributed by atoms with Crippen molar-refractivity contribution in [1.82, 2.24) is 15.0 Å². The van der Waals surface area contributed by atoms with E-state index in [1.54, 1.807) is 0 Å². The molecule has 1 amide bonds. The summed E-state index contributed by atoms with van der Waals surface area (Å²) in [6.07, 6.45) is 0. The van der Waals surface area contributed by atoms with E-state index in [0.717, 1.165) is 49.7 Å². The molecule has 0 spiro atoms. The molecule has 2 heterocycles. The number of hydrogen-bond donors (Lipinski definition) is 0. The van der Waals surface area contributed by atoms with Crippen molar-refractivity contribution in [2.75, 3.05) is 32.7 Å². The largest absolute Gasteiger partial charge is 0.488 e. The van der Waals surface area contributed by atoms with Crippen LogP contribution in [-0.2, 0) is 6.61 Å². The lowest BCUT2D eigenvalue weighted by Gasteiger charge is -2.34. The number of carbonyl (C=O) groups is 1. The highest BCUT2D eigenvalue weighted by atomic mass is 16.5. The van der Waals surface area contributed by atoms with E-state index in [4.69, 9.17) is 9.26 Å². The van der Waals surface area contributed by atoms with E-state index in [-0.39, 0.29) is 5.91 Å². The molecular formula is C19H25N3O3. The first kappa shape index (κ1) is 17.5. The van der Waals surface area contributed by atoms with Gasteiger partial charge in [0.2, 0.25) is 0 Å². The van der Waals surface area contributed by atoms with Crippen LogP contribution < -0.4 is 4.74 Å². The van der Waals surface area contributed by atoms with Gasteiger partial charge in [0, 0.05) is 26.2 Å². The molecule has 1 aromatic heterocycles. The Morgan fingerprint density at radius 2 is 1.92 bits per heavy atom. The van der Waals surface area contributed by atoms with Crippen LogP contribution in [-0.4, -0.2) is 53.6 Å². The lowest BCUT2D eigenvalue weighted by molar-refractivity contribution is 0.0639. The second-order valence-corrected chi connectivity index (χ2v) is 6.31. The number of rotatable bonds is 5. The van der Waals surface area contributed by atoms with E-state index < -0.39 is 0 Å². The summed E-state index contributed by atoms with van der Waals surface area (Å²) in [5, 5.41) is 3.94. The summed E-state index contributed by atoms with van der Waals surface area (Å²) in [4.78, 5) is 17.2. The Kier molecular flexibility index (Phi) is 5.38. The first-order valence-electron chi connectivity index (χ1n) is 8.75. The molecule has 1 aliphatic rings. The number of likely N-dealkylation sites (N-methyl/N-ethyl adjacent to an activating group) is 1. The summed E-state index contributed by atoms with van der Waals surface area (Å²) >= 11 is 0. The van der Waals surface area contributed by atoms with Crippen molar-refractivity contribution >= 4 is 5.91 Å². The standard InChI is InChI=1S/C19H25N3O3/c1-4-21-9-11-22(12-10-21)19(23)16-7-5-6-8-18(16)24-13-17-14(2)20-25-15(17)3/h5-8H,4,9-13H2,1-3H3. The zero-order valence-electron chi connectivity index (χ0n) is 15.1. The summed E-state index contributed by atoms with van der Waals surface area (Å²) in [6, 6.07) is 7.43. The molecule has 1 aliphatic heterocycles. The highest BCUT2D eigenvalue weighted by molar-refractivity contribution is 5.97. The maximum absolute atomic E-state index is 12.9. The monoisotopic (exact) mass is 343 g/mol. The van der Waals surface area contributed by atoms with Gasteiger partial charge in [0.1, 0.15) is 18.1 Å². The Balaban J connectivity index is 1.71. The number of aryl methyl sites for hydroxylation is 2. The maximum atomic E-state index is 12.9. The normalized spacial score (nSPS) is 15.4. The minimum atomic E-state index is 0.0325. The van der Waals surface area contributed by atoms with Crippen molar-refractivity contribution in [2.45, 2.75) is 27.4 Å². The third-order valence-corrected chi connectivity index (χ3v) is 4.78. The molecule has 0 aliphatic carbocycles. The van der Waals surface area contributed by atoms with E-state index in [1.807, 2.05) is 43.0 Å². The summed E-state index contributed by atoms with van der Waals surface area (Å²) in [5.74, 6) is 1.38. The molecule has 0 saturated carbocycles. The average Bonchev–Trinajstić information content (AvgIpc) is 2.97. The van der Waals surface area contributed by atoms with Gasteiger partial charge in [-0.05, 0) is 32.5 Å². The Bertz CT molecular complexity index is 714. The third kappa shape index (κ3) is 3.85. The fourth-order valence-corrected chi connectivity index (χ4v) is 3.06. The zero-order valence-corrected chi connectivity index (χ0v) is 15.1. The molecule has 6 nitrogen and oxygen atoms in total. The quantitative estimate of drug-likeness (QED) is 0.835. The number of benzene rings is 1. The van der Waals surface area contributed by atoms with Crippen LogP contribution in [0, 0.1) is 13.8 Å². The fourth-order valence-electron chi connectivity index (χ4n) is 3.06. The molecule has 0 radical (unpaired) electrons. The van der Waals surface area contributed by atoms with E-state index in [9.17, 15) is 4.79 Å². The predicted octanol–water partition coefficient (Wildman–Crippen LogP) is 2.65. The molecule has 3 rings (SSSR count). The van der Waals surface area contributed by atoms with Gasteiger partial charge >= 0.3 is 0 Å². The highest BCUT2D eigenvalue weighted by Crippen LogP contribution is 2.23. The molecular weight excluding hydrogens is 318 g/mol. The molecule has 1 saturated heterocycles. The van der Waals surface area contributed by atoms with Gasteiger partial charge < -0.3 is 19.1 Å². The smallest absolute Gasteiger partial charge is 0.257 e. The molecule has 0 atom stereocenters. The van der Waals surface area contributed by atoms with Crippen molar-refractivity contribution in [3.63, 3.8) is 0 Å². The molecule has 1 fully saturated rings. The van der Waals surface area contributed by atoms with Gasteiger partial charge in [0.25, 0.3) is 5.91 Å². The number of hydrogen-bond acceptors (Lipinski definition) is 5. The van der Waals surface area contributed by atoms with E-state index in [0.29, 0.717) is 17.9 Å². The number of piperazine rings is 1. The van der Waals surface area contributed by atoms with E-state index in [2.05, 4.69) is 17.0 Å². The number of para-hydroxylation sites is 1. The lowest BCUT2D eigenvalue weighted by Crippen LogP contribution is -2.48. The van der Waals surface area contributed by atoms with Crippen molar-refractivity contribution < 1.29 is 14.1 Å². The van der Waals surface area contributed by atoms with Gasteiger partial charge in [-0.15, -0.1) is 0 Å². The minimum Gasteiger partial charge on any atom is -0.488 e. The fraction of sp³-hybridized carbons (Fsp3) is 0.474. The Hall–Kier alpha value is -2.34. The van der Waals surface area contributed by atoms with E-state index >= 15 is 0 Å². The SMILES string of the molecule is CCN1CCN(C(=O)c2ccccc2OCc2c(C)noc2C)CC1. The number of aromatic nitrogens is 1. The van der Waals surface area contributed by atoms with Crippen LogP contribution in [0.4, 0.5) is 0 Å². The summed E-state index contributed by atoms with van der Waals surface area (Å²) in [6.45, 7) is 10.6. The Morgan fingerprint density at radius 3 is 2.56 bits per heavy atom. The lowest BCUT2D eigenvalue weighted by atomic mass is 10.1. The summed E-state index contributed by atoms with van der Waals surface area (Å²) in [5.41, 5.74) is 2.36. The van der Waals surface area contributed by atoms with Crippen LogP contribution in [0.1, 0.15) is 34.3 Å². The number of carbonyl (C=O) groups excluding carboxylic acids is 1. The van der Waals surface area contributed by atoms with Crippen LogP contribution in [0.2, 0.25) is 0 Å². The minimum absolute atomic E-state index is 0.0325. The van der Waals surface area contributed by atoms with Gasteiger partial charge in [-0.3, -0.25) is 4.79 Å². The molecule has 6 heteroatoms. The average molecular weight is 343 g/mol. The van der Waals surface area contributed by atoms with Gasteiger partial charge in [-0.2, -0.15) is 0 Å². The summed E-state index contributed by atoms with van der Waals surface area (Å²) < 4.78 is 11.1. The van der Waals surface area contributed by atoms with Gasteiger partial charge in [-0.25, -0.2) is 0 Å². The predicted molar refractivity (Wildman–Crippen MR) is 94.8 cm³/mol. The molecule has 2 aromatic rings. The zero-order chi connectivity index (χ0) is 17.8. The Labute approximate surface area is 148 Å². The third-order valence-electron chi connectivity index (χ3n) is 4.78. The number of nitrogens with zero attached hydrogens (tertiary/aromatic N) is 3. The van der Waals surface area contributed by atoms with Gasteiger partial charge in [0.05, 0.1) is 16.8 Å².